The Hall–Kier alpha value is -2.58. The number of anilines is 1. The summed E-state index contributed by atoms with van der Waals surface area (Å²) in [6.45, 7) is 4.27. The van der Waals surface area contributed by atoms with Gasteiger partial charge in [-0.25, -0.2) is 0 Å². The average molecular weight is 488 g/mol. The van der Waals surface area contributed by atoms with Crippen molar-refractivity contribution < 1.29 is 22.7 Å². The maximum atomic E-state index is 13.4. The summed E-state index contributed by atoms with van der Waals surface area (Å²) in [7, 11) is 0. The van der Waals surface area contributed by atoms with Crippen LogP contribution in [0.5, 0.6) is 0 Å². The van der Waals surface area contributed by atoms with Crippen molar-refractivity contribution in [1.82, 2.24) is 10.2 Å². The van der Waals surface area contributed by atoms with Crippen molar-refractivity contribution in [3.8, 4) is 0 Å². The van der Waals surface area contributed by atoms with Gasteiger partial charge in [-0.1, -0.05) is 30.3 Å². The molecule has 0 aromatic heterocycles. The predicted octanol–water partition coefficient (Wildman–Crippen LogP) is 3.91. The van der Waals surface area contributed by atoms with E-state index in [1.807, 2.05) is 18.2 Å². The Morgan fingerprint density at radius 1 is 1.11 bits per heavy atom. The van der Waals surface area contributed by atoms with Gasteiger partial charge in [0.2, 0.25) is 5.91 Å². The number of hydrogen-bond acceptors (Lipinski definition) is 4. The molecule has 3 aliphatic heterocycles. The highest BCUT2D eigenvalue weighted by molar-refractivity contribution is 5.82. The van der Waals surface area contributed by atoms with E-state index in [1.165, 1.54) is 11.6 Å². The van der Waals surface area contributed by atoms with Crippen LogP contribution in [0.4, 0.5) is 18.9 Å². The fourth-order valence-corrected chi connectivity index (χ4v) is 5.64. The van der Waals surface area contributed by atoms with Gasteiger partial charge in [-0.15, -0.1) is 0 Å². The Morgan fingerprint density at radius 3 is 2.69 bits per heavy atom. The summed E-state index contributed by atoms with van der Waals surface area (Å²) in [5.74, 6) is -0.504. The topological polar surface area (TPSA) is 44.8 Å². The van der Waals surface area contributed by atoms with Crippen molar-refractivity contribution in [1.29, 1.82) is 0 Å². The number of hydrogen-bond donors (Lipinski definition) is 1. The number of amides is 1. The van der Waals surface area contributed by atoms with Crippen molar-refractivity contribution in [2.45, 2.75) is 44.0 Å². The van der Waals surface area contributed by atoms with Gasteiger partial charge in [0, 0.05) is 45.0 Å². The number of nitrogens with zero attached hydrogens (tertiary/aromatic N) is 2. The lowest BCUT2D eigenvalue weighted by Gasteiger charge is -2.49. The number of piperazine rings is 1. The van der Waals surface area contributed by atoms with E-state index in [0.29, 0.717) is 38.2 Å². The van der Waals surface area contributed by atoms with Crippen LogP contribution in [0.15, 0.2) is 48.5 Å². The van der Waals surface area contributed by atoms with Gasteiger partial charge < -0.3 is 15.0 Å². The Bertz CT molecular complexity index is 1020. The average Bonchev–Trinajstić information content (AvgIpc) is 3.39. The van der Waals surface area contributed by atoms with Gasteiger partial charge in [-0.2, -0.15) is 13.2 Å². The molecule has 0 radical (unpaired) electrons. The maximum Gasteiger partial charge on any atom is 0.416 e. The second kappa shape index (κ2) is 10.2. The molecule has 3 aliphatic rings. The second-order valence-electron chi connectivity index (χ2n) is 9.83. The highest BCUT2D eigenvalue weighted by atomic mass is 19.4. The van der Waals surface area contributed by atoms with Crippen molar-refractivity contribution in [2.75, 3.05) is 44.2 Å². The molecular weight excluding hydrogens is 455 g/mol. The number of nitrogens with one attached hydrogen (secondary N) is 1. The zero-order valence-corrected chi connectivity index (χ0v) is 19.8. The number of rotatable bonds is 6. The number of fused-ring (bicyclic) bond motifs is 3. The predicted molar refractivity (Wildman–Crippen MR) is 128 cm³/mol. The third kappa shape index (κ3) is 5.48. The molecule has 0 aliphatic carbocycles. The van der Waals surface area contributed by atoms with Crippen LogP contribution < -0.4 is 10.2 Å². The number of halogens is 3. The van der Waals surface area contributed by atoms with Crippen LogP contribution in [0.25, 0.3) is 0 Å². The van der Waals surface area contributed by atoms with E-state index in [9.17, 15) is 18.0 Å². The van der Waals surface area contributed by atoms with Crippen molar-refractivity contribution in [2.24, 2.45) is 5.92 Å². The van der Waals surface area contributed by atoms with Gasteiger partial charge in [-0.3, -0.25) is 9.69 Å². The number of ether oxygens (including phenoxy) is 1. The van der Waals surface area contributed by atoms with Gasteiger partial charge in [0.25, 0.3) is 0 Å². The molecule has 2 fully saturated rings. The molecule has 188 valence electrons. The molecule has 0 saturated carbocycles. The first-order valence-corrected chi connectivity index (χ1v) is 12.5. The summed E-state index contributed by atoms with van der Waals surface area (Å²) in [5, 5.41) is 3.04. The first-order chi connectivity index (χ1) is 16.9. The molecule has 0 bridgehead atoms. The lowest BCUT2D eigenvalue weighted by molar-refractivity contribution is -0.137. The van der Waals surface area contributed by atoms with Crippen molar-refractivity contribution >= 4 is 11.6 Å². The number of carbonyl (C=O) groups excluding carboxylic acids is 1. The monoisotopic (exact) mass is 487 g/mol. The molecule has 2 saturated heterocycles. The zero-order valence-electron chi connectivity index (χ0n) is 19.8. The van der Waals surface area contributed by atoms with Crippen LogP contribution in [0.3, 0.4) is 0 Å². The van der Waals surface area contributed by atoms with E-state index in [4.69, 9.17) is 4.74 Å². The highest BCUT2D eigenvalue weighted by Crippen LogP contribution is 2.39. The van der Waals surface area contributed by atoms with E-state index in [0.717, 1.165) is 44.1 Å². The van der Waals surface area contributed by atoms with E-state index in [-0.39, 0.29) is 18.1 Å². The summed E-state index contributed by atoms with van der Waals surface area (Å²) in [5.41, 5.74) is 2.05. The molecule has 3 heterocycles. The SMILES string of the molecule is O=C(NCC1CCCO1)C1Cc2cc(C(F)(F)F)ccc2N2CCN(CCc3ccccc3)CC12. The Labute approximate surface area is 204 Å². The third-order valence-electron chi connectivity index (χ3n) is 7.55. The smallest absolute Gasteiger partial charge is 0.376 e. The first-order valence-electron chi connectivity index (χ1n) is 12.5. The minimum atomic E-state index is -4.40. The van der Waals surface area contributed by atoms with Crippen molar-refractivity contribution in [3.05, 3.63) is 65.2 Å². The summed E-state index contributed by atoms with van der Waals surface area (Å²) in [6, 6.07) is 14.2. The maximum absolute atomic E-state index is 13.4. The number of benzene rings is 2. The molecule has 2 aromatic carbocycles. The van der Waals surface area contributed by atoms with E-state index in [2.05, 4.69) is 27.2 Å². The lowest BCUT2D eigenvalue weighted by atomic mass is 9.82. The quantitative estimate of drug-likeness (QED) is 0.671. The van der Waals surface area contributed by atoms with Gasteiger partial charge in [-0.05, 0) is 55.0 Å². The highest BCUT2D eigenvalue weighted by Gasteiger charge is 2.42. The summed E-state index contributed by atoms with van der Waals surface area (Å²) >= 11 is 0. The minimum Gasteiger partial charge on any atom is -0.376 e. The number of carbonyl (C=O) groups is 1. The second-order valence-corrected chi connectivity index (χ2v) is 9.83. The van der Waals surface area contributed by atoms with Crippen LogP contribution in [0.1, 0.15) is 29.5 Å². The van der Waals surface area contributed by atoms with Crippen LogP contribution in [-0.4, -0.2) is 62.3 Å². The molecule has 0 spiro atoms. The molecule has 8 heteroatoms. The zero-order chi connectivity index (χ0) is 24.4. The van der Waals surface area contributed by atoms with Crippen LogP contribution >= 0.6 is 0 Å². The molecule has 1 N–H and O–H groups in total. The molecule has 5 rings (SSSR count). The Kier molecular flexibility index (Phi) is 7.02. The fourth-order valence-electron chi connectivity index (χ4n) is 5.64. The first kappa shape index (κ1) is 24.1. The molecule has 35 heavy (non-hydrogen) atoms. The van der Waals surface area contributed by atoms with Crippen LogP contribution in [0, 0.1) is 5.92 Å². The van der Waals surface area contributed by atoms with Gasteiger partial charge in [0.15, 0.2) is 0 Å². The Balaban J connectivity index is 1.34. The minimum absolute atomic E-state index is 0.0245. The molecule has 2 aromatic rings. The normalized spacial score (nSPS) is 24.7. The van der Waals surface area contributed by atoms with E-state index >= 15 is 0 Å². The third-order valence-corrected chi connectivity index (χ3v) is 7.55. The molecule has 1 amide bonds. The van der Waals surface area contributed by atoms with Crippen LogP contribution in [-0.2, 0) is 28.5 Å². The largest absolute Gasteiger partial charge is 0.416 e. The fraction of sp³-hybridized carbons (Fsp3) is 0.519. The van der Waals surface area contributed by atoms with Gasteiger partial charge >= 0.3 is 6.18 Å². The van der Waals surface area contributed by atoms with Crippen molar-refractivity contribution in [3.63, 3.8) is 0 Å². The lowest BCUT2D eigenvalue weighted by Crippen LogP contribution is -2.61. The Morgan fingerprint density at radius 2 is 1.94 bits per heavy atom. The molecule has 5 nitrogen and oxygen atoms in total. The van der Waals surface area contributed by atoms with E-state index in [1.54, 1.807) is 6.07 Å². The van der Waals surface area contributed by atoms with Gasteiger partial charge in [0.05, 0.1) is 23.6 Å². The molecule has 3 unspecified atom stereocenters. The summed E-state index contributed by atoms with van der Waals surface area (Å²) in [6.07, 6.45) is -1.23. The van der Waals surface area contributed by atoms with Crippen LogP contribution in [0.2, 0.25) is 0 Å². The van der Waals surface area contributed by atoms with E-state index < -0.39 is 17.7 Å². The standard InChI is InChI=1S/C27H32F3N3O2/c28-27(29,30)21-8-9-24-20(15-21)16-23(26(34)31-17-22-7-4-14-35-22)25-18-32(12-13-33(24)25)11-10-19-5-2-1-3-6-19/h1-3,5-6,8-9,15,22-23,25H,4,7,10-14,16-18H2,(H,31,34). The number of alkyl halides is 3. The molecular formula is C27H32F3N3O2. The summed E-state index contributed by atoms with van der Waals surface area (Å²) < 4.78 is 45.8. The van der Waals surface area contributed by atoms with Gasteiger partial charge in [0.1, 0.15) is 0 Å². The molecule has 3 atom stereocenters. The summed E-state index contributed by atoms with van der Waals surface area (Å²) in [4.78, 5) is 17.9.